The molecule has 3 atom stereocenters. The van der Waals surface area contributed by atoms with Gasteiger partial charge in [0.05, 0.1) is 6.61 Å². The maximum Gasteiger partial charge on any atom is 0.119 e. The molecule has 19 heavy (non-hydrogen) atoms. The Balaban J connectivity index is 1.84. The first-order valence-corrected chi connectivity index (χ1v) is 7.65. The first kappa shape index (κ1) is 14.4. The van der Waals surface area contributed by atoms with Crippen molar-refractivity contribution in [2.24, 2.45) is 11.8 Å². The molecule has 1 aromatic carbocycles. The van der Waals surface area contributed by atoms with Crippen molar-refractivity contribution in [1.29, 1.82) is 0 Å². The van der Waals surface area contributed by atoms with E-state index >= 15 is 0 Å². The van der Waals surface area contributed by atoms with Crippen LogP contribution in [-0.2, 0) is 6.54 Å². The SMILES string of the molecule is CCOc1ccc(CN[C@@H]2CCC[C@H](C)[C@@H]2C)cc1. The normalized spacial score (nSPS) is 27.2. The zero-order valence-electron chi connectivity index (χ0n) is 12.5. The highest BCUT2D eigenvalue weighted by Crippen LogP contribution is 2.29. The Labute approximate surface area is 117 Å². The van der Waals surface area contributed by atoms with Crippen LogP contribution in [0.4, 0.5) is 0 Å². The molecule has 1 fully saturated rings. The lowest BCUT2D eigenvalue weighted by molar-refractivity contribution is 0.206. The number of rotatable bonds is 5. The summed E-state index contributed by atoms with van der Waals surface area (Å²) in [7, 11) is 0. The molecule has 1 saturated carbocycles. The second-order valence-electron chi connectivity index (χ2n) is 5.83. The van der Waals surface area contributed by atoms with E-state index in [1.807, 2.05) is 6.92 Å². The fraction of sp³-hybridized carbons (Fsp3) is 0.647. The van der Waals surface area contributed by atoms with E-state index < -0.39 is 0 Å². The molecule has 1 N–H and O–H groups in total. The molecule has 0 radical (unpaired) electrons. The first-order valence-electron chi connectivity index (χ1n) is 7.65. The van der Waals surface area contributed by atoms with Crippen LogP contribution in [-0.4, -0.2) is 12.6 Å². The van der Waals surface area contributed by atoms with Gasteiger partial charge in [0.25, 0.3) is 0 Å². The van der Waals surface area contributed by atoms with Crippen LogP contribution in [0.2, 0.25) is 0 Å². The van der Waals surface area contributed by atoms with Crippen LogP contribution in [0, 0.1) is 11.8 Å². The summed E-state index contributed by atoms with van der Waals surface area (Å²) in [5, 5.41) is 3.73. The molecular weight excluding hydrogens is 234 g/mol. The van der Waals surface area contributed by atoms with Crippen LogP contribution >= 0.6 is 0 Å². The Morgan fingerprint density at radius 2 is 1.89 bits per heavy atom. The van der Waals surface area contributed by atoms with Crippen molar-refractivity contribution in [2.45, 2.75) is 52.6 Å². The predicted octanol–water partition coefficient (Wildman–Crippen LogP) is 4.00. The molecule has 0 aromatic heterocycles. The third-order valence-electron chi connectivity index (χ3n) is 4.51. The number of nitrogens with one attached hydrogen (secondary N) is 1. The average molecular weight is 261 g/mol. The first-order chi connectivity index (χ1) is 9.20. The third kappa shape index (κ3) is 3.97. The number of ether oxygens (including phenoxy) is 1. The van der Waals surface area contributed by atoms with Crippen molar-refractivity contribution in [2.75, 3.05) is 6.61 Å². The quantitative estimate of drug-likeness (QED) is 0.865. The van der Waals surface area contributed by atoms with Gasteiger partial charge in [0.2, 0.25) is 0 Å². The molecule has 0 amide bonds. The van der Waals surface area contributed by atoms with Gasteiger partial charge in [-0.3, -0.25) is 0 Å². The largest absolute Gasteiger partial charge is 0.494 e. The highest BCUT2D eigenvalue weighted by atomic mass is 16.5. The van der Waals surface area contributed by atoms with Crippen molar-refractivity contribution in [3.63, 3.8) is 0 Å². The van der Waals surface area contributed by atoms with E-state index in [9.17, 15) is 0 Å². The highest BCUT2D eigenvalue weighted by Gasteiger charge is 2.26. The van der Waals surface area contributed by atoms with E-state index in [0.29, 0.717) is 6.04 Å². The number of hydrogen-bond donors (Lipinski definition) is 1. The van der Waals surface area contributed by atoms with Crippen LogP contribution in [0.1, 0.15) is 45.6 Å². The molecular formula is C17H27NO. The van der Waals surface area contributed by atoms with Gasteiger partial charge in [-0.05, 0) is 42.9 Å². The Kier molecular flexibility index (Phi) is 5.26. The molecule has 2 nitrogen and oxygen atoms in total. The maximum atomic E-state index is 5.47. The van der Waals surface area contributed by atoms with E-state index in [0.717, 1.165) is 30.7 Å². The van der Waals surface area contributed by atoms with Crippen LogP contribution in [0.5, 0.6) is 5.75 Å². The molecule has 0 saturated heterocycles. The predicted molar refractivity (Wildman–Crippen MR) is 80.4 cm³/mol. The van der Waals surface area contributed by atoms with Gasteiger partial charge < -0.3 is 10.1 Å². The van der Waals surface area contributed by atoms with Gasteiger partial charge in [0.15, 0.2) is 0 Å². The number of hydrogen-bond acceptors (Lipinski definition) is 2. The van der Waals surface area contributed by atoms with Gasteiger partial charge in [0, 0.05) is 12.6 Å². The minimum absolute atomic E-state index is 0.676. The molecule has 1 aromatic rings. The van der Waals surface area contributed by atoms with Crippen LogP contribution in [0.15, 0.2) is 24.3 Å². The summed E-state index contributed by atoms with van der Waals surface area (Å²) in [5.41, 5.74) is 1.34. The molecule has 2 heteroatoms. The molecule has 106 valence electrons. The summed E-state index contributed by atoms with van der Waals surface area (Å²) < 4.78 is 5.47. The minimum Gasteiger partial charge on any atom is -0.494 e. The topological polar surface area (TPSA) is 21.3 Å². The van der Waals surface area contributed by atoms with Crippen molar-refractivity contribution in [3.8, 4) is 5.75 Å². The van der Waals surface area contributed by atoms with E-state index in [2.05, 4.69) is 43.4 Å². The van der Waals surface area contributed by atoms with Crippen molar-refractivity contribution >= 4 is 0 Å². The summed E-state index contributed by atoms with van der Waals surface area (Å²) in [6.45, 7) is 8.49. The van der Waals surface area contributed by atoms with Crippen LogP contribution in [0.25, 0.3) is 0 Å². The molecule has 0 unspecified atom stereocenters. The maximum absolute atomic E-state index is 5.47. The molecule has 0 heterocycles. The minimum atomic E-state index is 0.676. The molecule has 0 aliphatic heterocycles. The highest BCUT2D eigenvalue weighted by molar-refractivity contribution is 5.27. The van der Waals surface area contributed by atoms with Gasteiger partial charge in [-0.15, -0.1) is 0 Å². The molecule has 0 bridgehead atoms. The lowest BCUT2D eigenvalue weighted by Gasteiger charge is -2.34. The lowest BCUT2D eigenvalue weighted by atomic mass is 9.78. The number of benzene rings is 1. The van der Waals surface area contributed by atoms with Crippen LogP contribution < -0.4 is 10.1 Å². The van der Waals surface area contributed by atoms with Gasteiger partial charge in [0.1, 0.15) is 5.75 Å². The molecule has 0 spiro atoms. The fourth-order valence-electron chi connectivity index (χ4n) is 2.99. The van der Waals surface area contributed by atoms with E-state index in [-0.39, 0.29) is 0 Å². The fourth-order valence-corrected chi connectivity index (χ4v) is 2.99. The summed E-state index contributed by atoms with van der Waals surface area (Å²) in [6.07, 6.45) is 4.08. The lowest BCUT2D eigenvalue weighted by Crippen LogP contribution is -2.40. The van der Waals surface area contributed by atoms with E-state index in [4.69, 9.17) is 4.74 Å². The average Bonchev–Trinajstić information content (AvgIpc) is 2.42. The Hall–Kier alpha value is -1.02. The van der Waals surface area contributed by atoms with E-state index in [1.165, 1.54) is 24.8 Å². The molecule has 1 aliphatic carbocycles. The molecule has 1 aliphatic rings. The summed E-state index contributed by atoms with van der Waals surface area (Å²) in [6, 6.07) is 9.13. The zero-order chi connectivity index (χ0) is 13.7. The Morgan fingerprint density at radius 3 is 2.58 bits per heavy atom. The second-order valence-corrected chi connectivity index (χ2v) is 5.83. The molecule has 2 rings (SSSR count). The van der Waals surface area contributed by atoms with E-state index in [1.54, 1.807) is 0 Å². The standard InChI is InChI=1S/C17H27NO/c1-4-19-16-10-8-15(9-11-16)12-18-17-7-5-6-13(2)14(17)3/h8-11,13-14,17-18H,4-7,12H2,1-3H3/t13-,14-,17+/m0/s1. The Morgan fingerprint density at radius 1 is 1.16 bits per heavy atom. The van der Waals surface area contributed by atoms with Crippen molar-refractivity contribution in [1.82, 2.24) is 5.32 Å². The van der Waals surface area contributed by atoms with Gasteiger partial charge in [-0.25, -0.2) is 0 Å². The Bertz CT molecular complexity index is 373. The second kappa shape index (κ2) is 6.95. The van der Waals surface area contributed by atoms with Crippen LogP contribution in [0.3, 0.4) is 0 Å². The third-order valence-corrected chi connectivity index (χ3v) is 4.51. The zero-order valence-corrected chi connectivity index (χ0v) is 12.5. The van der Waals surface area contributed by atoms with Gasteiger partial charge in [-0.1, -0.05) is 38.8 Å². The smallest absolute Gasteiger partial charge is 0.119 e. The van der Waals surface area contributed by atoms with Crippen molar-refractivity contribution in [3.05, 3.63) is 29.8 Å². The summed E-state index contributed by atoms with van der Waals surface area (Å²) >= 11 is 0. The summed E-state index contributed by atoms with van der Waals surface area (Å²) in [5.74, 6) is 2.61. The summed E-state index contributed by atoms with van der Waals surface area (Å²) in [4.78, 5) is 0. The van der Waals surface area contributed by atoms with Gasteiger partial charge in [-0.2, -0.15) is 0 Å². The van der Waals surface area contributed by atoms with Gasteiger partial charge >= 0.3 is 0 Å². The monoisotopic (exact) mass is 261 g/mol. The van der Waals surface area contributed by atoms with Crippen molar-refractivity contribution < 1.29 is 4.74 Å².